The number of hydrogen-bond acceptors (Lipinski definition) is 0. The van der Waals surface area contributed by atoms with Gasteiger partial charge in [0.05, 0.1) is 8.07 Å². The molecular weight excluding hydrogens is 172 g/mol. The highest BCUT2D eigenvalue weighted by Crippen LogP contribution is 2.24. The molecule has 78 valence electrons. The van der Waals surface area contributed by atoms with Crippen molar-refractivity contribution in [1.82, 2.24) is 0 Å². The Balaban J connectivity index is 4.51. The van der Waals surface area contributed by atoms with Crippen LogP contribution in [0.15, 0.2) is 11.8 Å². The van der Waals surface area contributed by atoms with Crippen molar-refractivity contribution in [3.8, 4) is 0 Å². The molecule has 0 N–H and O–H groups in total. The Morgan fingerprint density at radius 2 is 1.31 bits per heavy atom. The van der Waals surface area contributed by atoms with E-state index in [9.17, 15) is 0 Å². The monoisotopic (exact) mass is 198 g/mol. The maximum Gasteiger partial charge on any atom is 0.0766 e. The highest BCUT2D eigenvalue weighted by atomic mass is 28.3. The molecule has 0 saturated carbocycles. The summed E-state index contributed by atoms with van der Waals surface area (Å²) >= 11 is 0. The first-order valence-electron chi connectivity index (χ1n) is 5.59. The molecule has 1 heteroatoms. The molecule has 0 aliphatic rings. The molecule has 0 bridgehead atoms. The van der Waals surface area contributed by atoms with Crippen LogP contribution in [0.3, 0.4) is 0 Å². The van der Waals surface area contributed by atoms with Crippen molar-refractivity contribution in [3.05, 3.63) is 11.8 Å². The second kappa shape index (κ2) is 4.99. The summed E-state index contributed by atoms with van der Waals surface area (Å²) in [6.45, 7) is 13.9. The number of rotatable bonds is 4. The van der Waals surface area contributed by atoms with Crippen LogP contribution < -0.4 is 0 Å². The van der Waals surface area contributed by atoms with E-state index in [1.807, 2.05) is 0 Å². The Labute approximate surface area is 85.4 Å². The van der Waals surface area contributed by atoms with E-state index in [-0.39, 0.29) is 0 Å². The van der Waals surface area contributed by atoms with E-state index in [1.165, 1.54) is 18.1 Å². The van der Waals surface area contributed by atoms with Gasteiger partial charge in [0.25, 0.3) is 0 Å². The minimum absolute atomic E-state index is 0.359. The molecule has 0 unspecified atom stereocenters. The van der Waals surface area contributed by atoms with Crippen LogP contribution in [0.25, 0.3) is 0 Å². The van der Waals surface area contributed by atoms with Gasteiger partial charge in [0.1, 0.15) is 0 Å². The van der Waals surface area contributed by atoms with Gasteiger partial charge in [-0.05, 0) is 5.41 Å². The summed E-state index contributed by atoms with van der Waals surface area (Å²) in [6.07, 6.45) is 2.43. The van der Waals surface area contributed by atoms with Crippen LogP contribution >= 0.6 is 0 Å². The Morgan fingerprint density at radius 3 is 1.54 bits per heavy atom. The van der Waals surface area contributed by atoms with Gasteiger partial charge >= 0.3 is 0 Å². The molecule has 0 radical (unpaired) electrons. The minimum atomic E-state index is -1.01. The zero-order valence-electron chi connectivity index (χ0n) is 10.3. The van der Waals surface area contributed by atoms with Crippen LogP contribution in [0, 0.1) is 5.41 Å². The fourth-order valence-corrected chi connectivity index (χ4v) is 4.59. The predicted molar refractivity (Wildman–Crippen MR) is 65.8 cm³/mol. The summed E-state index contributed by atoms with van der Waals surface area (Å²) < 4.78 is 0. The third-order valence-corrected chi connectivity index (χ3v) is 8.15. The van der Waals surface area contributed by atoms with Gasteiger partial charge in [-0.25, -0.2) is 0 Å². The van der Waals surface area contributed by atoms with E-state index < -0.39 is 8.07 Å². The standard InChI is InChI=1S/C12H26Si/c1-7-13(8-2,9-3)11-10-12(4,5)6/h10-11H,7-9H2,1-6H3. The first-order chi connectivity index (χ1) is 5.89. The summed E-state index contributed by atoms with van der Waals surface area (Å²) in [4.78, 5) is 0. The first kappa shape index (κ1) is 13.0. The van der Waals surface area contributed by atoms with Crippen LogP contribution in [0.4, 0.5) is 0 Å². The van der Waals surface area contributed by atoms with Crippen LogP contribution in [0.1, 0.15) is 41.5 Å². The molecule has 0 fully saturated rings. The van der Waals surface area contributed by atoms with E-state index in [4.69, 9.17) is 0 Å². The lowest BCUT2D eigenvalue weighted by atomic mass is 9.98. The number of allylic oxidation sites excluding steroid dienone is 1. The van der Waals surface area contributed by atoms with Crippen molar-refractivity contribution >= 4 is 8.07 Å². The van der Waals surface area contributed by atoms with Gasteiger partial charge in [-0.15, -0.1) is 0 Å². The van der Waals surface area contributed by atoms with Crippen LogP contribution in [0.5, 0.6) is 0 Å². The van der Waals surface area contributed by atoms with Gasteiger partial charge in [-0.1, -0.05) is 71.5 Å². The summed E-state index contributed by atoms with van der Waals surface area (Å²) in [5.74, 6) is 0. The largest absolute Gasteiger partial charge is 0.0976 e. The van der Waals surface area contributed by atoms with E-state index in [2.05, 4.69) is 53.3 Å². The van der Waals surface area contributed by atoms with E-state index in [0.29, 0.717) is 5.41 Å². The van der Waals surface area contributed by atoms with Crippen LogP contribution in [-0.2, 0) is 0 Å². The molecule has 0 aromatic heterocycles. The second-order valence-corrected chi connectivity index (χ2v) is 10.3. The average Bonchev–Trinajstić information content (AvgIpc) is 2.06. The molecular formula is C12H26Si. The van der Waals surface area contributed by atoms with Gasteiger partial charge in [0.2, 0.25) is 0 Å². The normalized spacial score (nSPS) is 14.0. The second-order valence-electron chi connectivity index (χ2n) is 5.12. The van der Waals surface area contributed by atoms with E-state index >= 15 is 0 Å². The maximum atomic E-state index is 2.58. The lowest BCUT2D eigenvalue weighted by Gasteiger charge is -2.25. The highest BCUT2D eigenvalue weighted by molar-refractivity contribution is 6.84. The Kier molecular flexibility index (Phi) is 4.98. The molecule has 0 saturated heterocycles. The Hall–Kier alpha value is -0.0431. The fraction of sp³-hybridized carbons (Fsp3) is 0.833. The zero-order valence-corrected chi connectivity index (χ0v) is 11.3. The van der Waals surface area contributed by atoms with Crippen LogP contribution in [0.2, 0.25) is 18.1 Å². The molecule has 0 rings (SSSR count). The molecule has 13 heavy (non-hydrogen) atoms. The SMILES string of the molecule is CC[Si](C=CC(C)(C)C)(CC)CC. The van der Waals surface area contributed by atoms with Crippen molar-refractivity contribution in [3.63, 3.8) is 0 Å². The lowest BCUT2D eigenvalue weighted by Crippen LogP contribution is -2.29. The predicted octanol–water partition coefficient (Wildman–Crippen LogP) is 4.64. The van der Waals surface area contributed by atoms with Crippen molar-refractivity contribution in [2.45, 2.75) is 59.7 Å². The lowest BCUT2D eigenvalue weighted by molar-refractivity contribution is 0.544. The molecule has 0 amide bonds. The highest BCUT2D eigenvalue weighted by Gasteiger charge is 2.23. The average molecular weight is 198 g/mol. The third-order valence-electron chi connectivity index (χ3n) is 3.05. The molecule has 0 atom stereocenters. The molecule has 0 heterocycles. The summed E-state index contributed by atoms with van der Waals surface area (Å²) in [6, 6.07) is 4.19. The molecule has 0 spiro atoms. The Morgan fingerprint density at radius 1 is 0.923 bits per heavy atom. The van der Waals surface area contributed by atoms with Crippen molar-refractivity contribution < 1.29 is 0 Å². The van der Waals surface area contributed by atoms with Gasteiger partial charge in [0, 0.05) is 0 Å². The van der Waals surface area contributed by atoms with E-state index in [0.717, 1.165) is 0 Å². The Bertz CT molecular complexity index is 150. The molecule has 0 aliphatic heterocycles. The quantitative estimate of drug-likeness (QED) is 0.577. The topological polar surface area (TPSA) is 0 Å². The molecule has 0 aliphatic carbocycles. The first-order valence-corrected chi connectivity index (χ1v) is 8.29. The minimum Gasteiger partial charge on any atom is -0.0976 e. The van der Waals surface area contributed by atoms with Gasteiger partial charge < -0.3 is 0 Å². The zero-order chi connectivity index (χ0) is 10.5. The number of hydrogen-bond donors (Lipinski definition) is 0. The van der Waals surface area contributed by atoms with Gasteiger partial charge in [-0.2, -0.15) is 0 Å². The van der Waals surface area contributed by atoms with Crippen molar-refractivity contribution in [2.24, 2.45) is 5.41 Å². The summed E-state index contributed by atoms with van der Waals surface area (Å²) in [5, 5.41) is 0. The van der Waals surface area contributed by atoms with Gasteiger partial charge in [-0.3, -0.25) is 0 Å². The van der Waals surface area contributed by atoms with E-state index in [1.54, 1.807) is 0 Å². The maximum absolute atomic E-state index is 2.58. The third kappa shape index (κ3) is 4.66. The molecule has 0 aromatic rings. The van der Waals surface area contributed by atoms with Crippen LogP contribution in [-0.4, -0.2) is 8.07 Å². The van der Waals surface area contributed by atoms with Crippen molar-refractivity contribution in [1.29, 1.82) is 0 Å². The fourth-order valence-electron chi connectivity index (χ4n) is 1.53. The van der Waals surface area contributed by atoms with Gasteiger partial charge in [0.15, 0.2) is 0 Å². The molecule has 0 aromatic carbocycles. The summed E-state index contributed by atoms with van der Waals surface area (Å²) in [5.41, 5.74) is 2.94. The smallest absolute Gasteiger partial charge is 0.0766 e. The van der Waals surface area contributed by atoms with Crippen molar-refractivity contribution in [2.75, 3.05) is 0 Å². The summed E-state index contributed by atoms with van der Waals surface area (Å²) in [7, 11) is -1.01. The molecule has 0 nitrogen and oxygen atoms in total.